The van der Waals surface area contributed by atoms with E-state index in [1.807, 2.05) is 0 Å². The molecule has 17 heavy (non-hydrogen) atoms. The van der Waals surface area contributed by atoms with Crippen molar-refractivity contribution in [2.75, 3.05) is 0 Å². The molecule has 1 aromatic carbocycles. The van der Waals surface area contributed by atoms with Crippen LogP contribution in [-0.4, -0.2) is 22.3 Å². The maximum atomic E-state index is 12.1. The lowest BCUT2D eigenvalue weighted by atomic mass is 10.4. The van der Waals surface area contributed by atoms with E-state index in [2.05, 4.69) is 0 Å². The van der Waals surface area contributed by atoms with Gasteiger partial charge in [0.25, 0.3) is 8.87 Å². The van der Waals surface area contributed by atoms with Crippen LogP contribution in [0.5, 0.6) is 0 Å². The Morgan fingerprint density at radius 3 is 1.71 bits per heavy atom. The van der Waals surface area contributed by atoms with Gasteiger partial charge in [0.2, 0.25) is 0 Å². The van der Waals surface area contributed by atoms with Gasteiger partial charge in [-0.05, 0) is 24.3 Å². The summed E-state index contributed by atoms with van der Waals surface area (Å²) in [6.45, 7) is 0. The molecule has 0 N–H and O–H groups in total. The van der Waals surface area contributed by atoms with E-state index >= 15 is 0 Å². The second-order valence-electron chi connectivity index (χ2n) is 2.81. The predicted molar refractivity (Wildman–Crippen MR) is 53.6 cm³/mol. The Bertz CT molecular complexity index is 616. The van der Waals surface area contributed by atoms with E-state index in [9.17, 15) is 30.0 Å². The van der Waals surface area contributed by atoms with Gasteiger partial charge in [0.15, 0.2) is 0 Å². The van der Waals surface area contributed by atoms with Crippen molar-refractivity contribution in [1.82, 2.24) is 0 Å². The molecule has 0 unspecified atom stereocenters. The summed E-state index contributed by atoms with van der Waals surface area (Å²) in [6.07, 6.45) is 0. The fourth-order valence-corrected chi connectivity index (χ4v) is 3.79. The zero-order valence-corrected chi connectivity index (χ0v) is 10.2. The number of rotatable bonds is 2. The molecular weight excluding hydrogens is 305 g/mol. The van der Waals surface area contributed by atoms with Crippen LogP contribution in [0.3, 0.4) is 0 Å². The van der Waals surface area contributed by atoms with Crippen LogP contribution in [0.15, 0.2) is 29.2 Å². The number of halogens is 4. The van der Waals surface area contributed by atoms with Crippen molar-refractivity contribution >= 4 is 29.3 Å². The fourth-order valence-electron chi connectivity index (χ4n) is 0.852. The van der Waals surface area contributed by atoms with E-state index < -0.39 is 28.1 Å². The van der Waals surface area contributed by atoms with Crippen LogP contribution in [0.1, 0.15) is 0 Å². The topological polar surface area (TPSA) is 68.3 Å². The van der Waals surface area contributed by atoms with Gasteiger partial charge < -0.3 is 0 Å². The van der Waals surface area contributed by atoms with Crippen molar-refractivity contribution in [2.45, 2.75) is 10.4 Å². The Kier molecular flexibility index (Phi) is 3.48. The first-order chi connectivity index (χ1) is 7.50. The lowest BCUT2D eigenvalue weighted by molar-refractivity contribution is -0.0412. The third kappa shape index (κ3) is 2.40. The molecular formula is C7H4ClF3O4S2. The first kappa shape index (κ1) is 14.3. The second kappa shape index (κ2) is 4.14. The average Bonchev–Trinajstić information content (AvgIpc) is 2.16. The van der Waals surface area contributed by atoms with E-state index in [4.69, 9.17) is 11.6 Å². The standard InChI is InChI=1S/C7H4ClF3O4S2/c8-5-1-3-6(4-2-5)16(12,13)17(14,15)7(9,10)11/h1-4H. The predicted octanol–water partition coefficient (Wildman–Crippen LogP) is 1.96. The van der Waals surface area contributed by atoms with Gasteiger partial charge in [0.05, 0.1) is 4.90 Å². The van der Waals surface area contributed by atoms with E-state index in [1.54, 1.807) is 0 Å². The highest BCUT2D eigenvalue weighted by molar-refractivity contribution is 8.67. The van der Waals surface area contributed by atoms with Crippen LogP contribution in [0.4, 0.5) is 13.2 Å². The summed E-state index contributed by atoms with van der Waals surface area (Å²) in [5.41, 5.74) is -5.87. The third-order valence-electron chi connectivity index (χ3n) is 1.67. The maximum Gasteiger partial charge on any atom is 0.512 e. The molecule has 4 nitrogen and oxygen atoms in total. The third-order valence-corrected chi connectivity index (χ3v) is 6.80. The van der Waals surface area contributed by atoms with Crippen LogP contribution in [0.25, 0.3) is 0 Å². The summed E-state index contributed by atoms with van der Waals surface area (Å²) in [6, 6.07) is 3.31. The summed E-state index contributed by atoms with van der Waals surface area (Å²) in [5, 5.41) is 0.0633. The summed E-state index contributed by atoms with van der Waals surface area (Å²) in [7, 11) is -11.8. The first-order valence-corrected chi connectivity index (χ1v) is 7.68. The van der Waals surface area contributed by atoms with E-state index in [0.29, 0.717) is 12.1 Å². The molecule has 0 saturated carbocycles. The smallest absolute Gasteiger partial charge is 0.207 e. The molecule has 0 aromatic heterocycles. The molecule has 0 atom stereocenters. The Labute approximate surface area is 99.2 Å². The van der Waals surface area contributed by atoms with E-state index in [1.165, 1.54) is 0 Å². The highest BCUT2D eigenvalue weighted by atomic mass is 35.5. The molecule has 0 aliphatic heterocycles. The lowest BCUT2D eigenvalue weighted by Gasteiger charge is -2.08. The minimum absolute atomic E-state index is 0.0633. The molecule has 0 bridgehead atoms. The summed E-state index contributed by atoms with van der Waals surface area (Å²) < 4.78 is 80.5. The molecule has 10 heteroatoms. The summed E-state index contributed by atoms with van der Waals surface area (Å²) in [4.78, 5) is -0.987. The first-order valence-electron chi connectivity index (χ1n) is 3.82. The van der Waals surface area contributed by atoms with Crippen molar-refractivity contribution < 1.29 is 30.0 Å². The molecule has 1 aromatic rings. The van der Waals surface area contributed by atoms with E-state index in [-0.39, 0.29) is 5.02 Å². The highest BCUT2D eigenvalue weighted by Gasteiger charge is 2.55. The Balaban J connectivity index is 3.46. The van der Waals surface area contributed by atoms with Gasteiger partial charge in [-0.3, -0.25) is 0 Å². The van der Waals surface area contributed by atoms with Gasteiger partial charge in [-0.2, -0.15) is 13.2 Å². The van der Waals surface area contributed by atoms with Crippen molar-refractivity contribution in [2.24, 2.45) is 0 Å². The molecule has 0 aliphatic rings. The van der Waals surface area contributed by atoms with Crippen molar-refractivity contribution in [3.05, 3.63) is 29.3 Å². The molecule has 96 valence electrons. The molecule has 0 saturated heterocycles. The second-order valence-corrected chi connectivity index (χ2v) is 8.63. The van der Waals surface area contributed by atoms with Crippen molar-refractivity contribution in [3.63, 3.8) is 0 Å². The van der Waals surface area contributed by atoms with Gasteiger partial charge in [0, 0.05) is 5.02 Å². The maximum absolute atomic E-state index is 12.1. The normalized spacial score (nSPS) is 13.6. The minimum Gasteiger partial charge on any atom is -0.207 e. The summed E-state index contributed by atoms with van der Waals surface area (Å²) in [5.74, 6) is 0. The Morgan fingerprint density at radius 2 is 1.35 bits per heavy atom. The minimum atomic E-state index is -6.31. The van der Waals surface area contributed by atoms with Gasteiger partial charge in [0.1, 0.15) is 0 Å². The number of hydrogen-bond acceptors (Lipinski definition) is 4. The molecule has 0 amide bonds. The zero-order valence-electron chi connectivity index (χ0n) is 7.77. The van der Waals surface area contributed by atoms with Crippen LogP contribution in [-0.2, 0) is 17.7 Å². The average molecular weight is 309 g/mol. The lowest BCUT2D eigenvalue weighted by Crippen LogP contribution is -2.30. The molecule has 0 spiro atoms. The van der Waals surface area contributed by atoms with Crippen LogP contribution in [0.2, 0.25) is 5.02 Å². The largest absolute Gasteiger partial charge is 0.512 e. The van der Waals surface area contributed by atoms with Gasteiger partial charge in [-0.15, -0.1) is 0 Å². The molecule has 0 radical (unpaired) electrons. The quantitative estimate of drug-likeness (QED) is 0.783. The van der Waals surface area contributed by atoms with Crippen LogP contribution < -0.4 is 0 Å². The highest BCUT2D eigenvalue weighted by Crippen LogP contribution is 2.32. The van der Waals surface area contributed by atoms with Crippen LogP contribution >= 0.6 is 11.6 Å². The fraction of sp³-hybridized carbons (Fsp3) is 0.143. The molecule has 0 heterocycles. The molecule has 0 fully saturated rings. The van der Waals surface area contributed by atoms with E-state index in [0.717, 1.165) is 12.1 Å². The number of benzene rings is 1. The van der Waals surface area contributed by atoms with Gasteiger partial charge in [-0.1, -0.05) is 11.6 Å². The van der Waals surface area contributed by atoms with Crippen LogP contribution in [0, 0.1) is 0 Å². The Morgan fingerprint density at radius 1 is 0.941 bits per heavy atom. The van der Waals surface area contributed by atoms with Crippen molar-refractivity contribution in [3.8, 4) is 0 Å². The van der Waals surface area contributed by atoms with Crippen molar-refractivity contribution in [1.29, 1.82) is 0 Å². The van der Waals surface area contributed by atoms with Gasteiger partial charge in [-0.25, -0.2) is 16.8 Å². The molecule has 0 aliphatic carbocycles. The monoisotopic (exact) mass is 308 g/mol. The van der Waals surface area contributed by atoms with Gasteiger partial charge >= 0.3 is 14.4 Å². The molecule has 1 rings (SSSR count). The summed E-state index contributed by atoms with van der Waals surface area (Å²) >= 11 is 5.40. The SMILES string of the molecule is O=S(=O)(c1ccc(Cl)cc1)S(=O)(=O)C(F)(F)F. The number of alkyl halides is 3. The zero-order chi connectivity index (χ0) is 13.5. The number of hydrogen-bond donors (Lipinski definition) is 0. The Hall–Kier alpha value is -0.800.